The standard InChI is InChI=1S/C17H18N2O5S/c1-13(20)14-2-4-16(5-3-14)25(22,23)19-9-7-18(8-10-19)17(21)15-6-11-24-12-15/h2-6,11-12H,7-10H2,1H3. The van der Waals surface area contributed by atoms with Gasteiger partial charge < -0.3 is 9.32 Å². The summed E-state index contributed by atoms with van der Waals surface area (Å²) in [5, 5.41) is 0. The highest BCUT2D eigenvalue weighted by molar-refractivity contribution is 7.89. The third-order valence-corrected chi connectivity index (χ3v) is 6.11. The lowest BCUT2D eigenvalue weighted by Gasteiger charge is -2.33. The molecule has 1 aromatic heterocycles. The van der Waals surface area contributed by atoms with E-state index in [1.807, 2.05) is 0 Å². The van der Waals surface area contributed by atoms with Crippen molar-refractivity contribution in [2.45, 2.75) is 11.8 Å². The van der Waals surface area contributed by atoms with Crippen LogP contribution in [-0.4, -0.2) is 55.5 Å². The van der Waals surface area contributed by atoms with Gasteiger partial charge in [-0.05, 0) is 25.1 Å². The van der Waals surface area contributed by atoms with Crippen LogP contribution in [0, 0.1) is 0 Å². The van der Waals surface area contributed by atoms with Crippen LogP contribution in [0.1, 0.15) is 27.6 Å². The topological polar surface area (TPSA) is 87.9 Å². The molecule has 8 heteroatoms. The zero-order valence-corrected chi connectivity index (χ0v) is 14.5. The molecule has 3 rings (SSSR count). The molecule has 0 aliphatic carbocycles. The molecule has 0 saturated carbocycles. The van der Waals surface area contributed by atoms with Gasteiger partial charge in [-0.15, -0.1) is 0 Å². The van der Waals surface area contributed by atoms with E-state index >= 15 is 0 Å². The molecular formula is C17H18N2O5S. The smallest absolute Gasteiger partial charge is 0.257 e. The zero-order chi connectivity index (χ0) is 18.0. The molecule has 0 bridgehead atoms. The van der Waals surface area contributed by atoms with Crippen LogP contribution in [0.5, 0.6) is 0 Å². The van der Waals surface area contributed by atoms with Gasteiger partial charge in [0, 0.05) is 31.7 Å². The van der Waals surface area contributed by atoms with Crippen LogP contribution in [0.25, 0.3) is 0 Å². The van der Waals surface area contributed by atoms with Crippen molar-refractivity contribution < 1.29 is 22.4 Å². The van der Waals surface area contributed by atoms with Gasteiger partial charge in [-0.3, -0.25) is 9.59 Å². The Morgan fingerprint density at radius 2 is 1.60 bits per heavy atom. The first kappa shape index (κ1) is 17.4. The Morgan fingerprint density at radius 1 is 0.960 bits per heavy atom. The van der Waals surface area contributed by atoms with Crippen molar-refractivity contribution in [3.8, 4) is 0 Å². The summed E-state index contributed by atoms with van der Waals surface area (Å²) in [4.78, 5) is 25.3. The lowest BCUT2D eigenvalue weighted by molar-refractivity contribution is 0.0697. The van der Waals surface area contributed by atoms with Crippen molar-refractivity contribution in [3.05, 3.63) is 54.0 Å². The van der Waals surface area contributed by atoms with Crippen molar-refractivity contribution in [1.29, 1.82) is 0 Å². The molecule has 1 amide bonds. The first-order valence-electron chi connectivity index (χ1n) is 7.82. The highest BCUT2D eigenvalue weighted by atomic mass is 32.2. The van der Waals surface area contributed by atoms with E-state index in [-0.39, 0.29) is 29.7 Å². The summed E-state index contributed by atoms with van der Waals surface area (Å²) in [7, 11) is -3.64. The number of hydrogen-bond donors (Lipinski definition) is 0. The fourth-order valence-electron chi connectivity index (χ4n) is 2.71. The monoisotopic (exact) mass is 362 g/mol. The molecule has 0 unspecified atom stereocenters. The van der Waals surface area contributed by atoms with Gasteiger partial charge in [0.2, 0.25) is 10.0 Å². The molecule has 0 spiro atoms. The van der Waals surface area contributed by atoms with Gasteiger partial charge in [0.1, 0.15) is 6.26 Å². The summed E-state index contributed by atoms with van der Waals surface area (Å²) < 4.78 is 31.7. The number of furan rings is 1. The summed E-state index contributed by atoms with van der Waals surface area (Å²) in [6.07, 6.45) is 2.81. The van der Waals surface area contributed by atoms with E-state index < -0.39 is 10.0 Å². The van der Waals surface area contributed by atoms with E-state index in [0.717, 1.165) is 0 Å². The second-order valence-corrected chi connectivity index (χ2v) is 7.73. The number of amides is 1. The number of ketones is 1. The van der Waals surface area contributed by atoms with Crippen LogP contribution in [0.4, 0.5) is 0 Å². The zero-order valence-electron chi connectivity index (χ0n) is 13.7. The summed E-state index contributed by atoms with van der Waals surface area (Å²) in [5.41, 5.74) is 0.922. The lowest BCUT2D eigenvalue weighted by Crippen LogP contribution is -2.50. The molecular weight excluding hydrogens is 344 g/mol. The Morgan fingerprint density at radius 3 is 2.12 bits per heavy atom. The first-order valence-corrected chi connectivity index (χ1v) is 9.26. The normalized spacial score (nSPS) is 16.0. The third kappa shape index (κ3) is 3.49. The second kappa shape index (κ2) is 6.81. The van der Waals surface area contributed by atoms with Gasteiger partial charge in [-0.1, -0.05) is 12.1 Å². The van der Waals surface area contributed by atoms with E-state index in [4.69, 9.17) is 4.42 Å². The number of nitrogens with zero attached hydrogens (tertiary/aromatic N) is 2. The minimum atomic E-state index is -3.64. The molecule has 1 aliphatic rings. The fourth-order valence-corrected chi connectivity index (χ4v) is 4.13. The summed E-state index contributed by atoms with van der Waals surface area (Å²) in [6, 6.07) is 7.48. The van der Waals surface area contributed by atoms with E-state index in [1.165, 1.54) is 48.0 Å². The number of Topliss-reactive ketones (excluding diaryl/α,β-unsaturated/α-hetero) is 1. The van der Waals surface area contributed by atoms with Crippen LogP contribution in [-0.2, 0) is 10.0 Å². The molecule has 1 aromatic carbocycles. The summed E-state index contributed by atoms with van der Waals surface area (Å²) in [5.74, 6) is -0.285. The predicted octanol–water partition coefficient (Wildman–Crippen LogP) is 1.63. The minimum absolute atomic E-state index is 0.115. The van der Waals surface area contributed by atoms with E-state index in [1.54, 1.807) is 11.0 Å². The van der Waals surface area contributed by atoms with Crippen LogP contribution in [0.15, 0.2) is 52.2 Å². The van der Waals surface area contributed by atoms with Crippen molar-refractivity contribution in [2.75, 3.05) is 26.2 Å². The molecule has 0 atom stereocenters. The van der Waals surface area contributed by atoms with E-state index in [9.17, 15) is 18.0 Å². The fraction of sp³-hybridized carbons (Fsp3) is 0.294. The Labute approximate surface area is 145 Å². The number of piperazine rings is 1. The van der Waals surface area contributed by atoms with Crippen LogP contribution in [0.2, 0.25) is 0 Å². The van der Waals surface area contributed by atoms with Gasteiger partial charge in [-0.2, -0.15) is 4.31 Å². The highest BCUT2D eigenvalue weighted by Crippen LogP contribution is 2.19. The average molecular weight is 362 g/mol. The molecule has 132 valence electrons. The molecule has 0 N–H and O–H groups in total. The molecule has 1 fully saturated rings. The number of sulfonamides is 1. The third-order valence-electron chi connectivity index (χ3n) is 4.19. The number of rotatable bonds is 4. The number of carbonyl (C=O) groups excluding carboxylic acids is 2. The first-order chi connectivity index (χ1) is 11.9. The SMILES string of the molecule is CC(=O)c1ccc(S(=O)(=O)N2CCN(C(=O)c3ccoc3)CC2)cc1. The maximum Gasteiger partial charge on any atom is 0.257 e. The Hall–Kier alpha value is -2.45. The quantitative estimate of drug-likeness (QED) is 0.772. The molecule has 2 heterocycles. The van der Waals surface area contributed by atoms with Gasteiger partial charge in [0.05, 0.1) is 16.7 Å². The molecule has 0 radical (unpaired) electrons. The number of hydrogen-bond acceptors (Lipinski definition) is 5. The number of benzene rings is 1. The predicted molar refractivity (Wildman–Crippen MR) is 89.8 cm³/mol. The maximum absolute atomic E-state index is 12.7. The minimum Gasteiger partial charge on any atom is -0.472 e. The van der Waals surface area contributed by atoms with E-state index in [0.29, 0.717) is 24.2 Å². The van der Waals surface area contributed by atoms with Gasteiger partial charge in [0.15, 0.2) is 5.78 Å². The summed E-state index contributed by atoms with van der Waals surface area (Å²) in [6.45, 7) is 2.50. The van der Waals surface area contributed by atoms with Gasteiger partial charge >= 0.3 is 0 Å². The molecule has 1 saturated heterocycles. The summed E-state index contributed by atoms with van der Waals surface area (Å²) >= 11 is 0. The lowest BCUT2D eigenvalue weighted by atomic mass is 10.2. The maximum atomic E-state index is 12.7. The van der Waals surface area contributed by atoms with Gasteiger partial charge in [0.25, 0.3) is 5.91 Å². The van der Waals surface area contributed by atoms with Crippen molar-refractivity contribution in [3.63, 3.8) is 0 Å². The Balaban J connectivity index is 1.69. The molecule has 2 aromatic rings. The van der Waals surface area contributed by atoms with Crippen LogP contribution < -0.4 is 0 Å². The molecule has 7 nitrogen and oxygen atoms in total. The van der Waals surface area contributed by atoms with Crippen molar-refractivity contribution in [2.24, 2.45) is 0 Å². The highest BCUT2D eigenvalue weighted by Gasteiger charge is 2.30. The number of carbonyl (C=O) groups is 2. The molecule has 25 heavy (non-hydrogen) atoms. The largest absolute Gasteiger partial charge is 0.472 e. The van der Waals surface area contributed by atoms with Crippen molar-refractivity contribution in [1.82, 2.24) is 9.21 Å². The average Bonchev–Trinajstić information content (AvgIpc) is 3.16. The van der Waals surface area contributed by atoms with Crippen LogP contribution in [0.3, 0.4) is 0 Å². The van der Waals surface area contributed by atoms with Gasteiger partial charge in [-0.25, -0.2) is 8.42 Å². The van der Waals surface area contributed by atoms with Crippen molar-refractivity contribution >= 4 is 21.7 Å². The Bertz CT molecular complexity index is 864. The molecule has 1 aliphatic heterocycles. The second-order valence-electron chi connectivity index (χ2n) is 5.79. The van der Waals surface area contributed by atoms with Crippen LogP contribution >= 0.6 is 0 Å². The van der Waals surface area contributed by atoms with E-state index in [2.05, 4.69) is 0 Å². The Kier molecular flexibility index (Phi) is 4.73.